The molecule has 1 aliphatic heterocycles. The van der Waals surface area contributed by atoms with Gasteiger partial charge in [-0.25, -0.2) is 9.48 Å². The van der Waals surface area contributed by atoms with Gasteiger partial charge in [0, 0.05) is 30.7 Å². The van der Waals surface area contributed by atoms with E-state index < -0.39 is 23.9 Å². The van der Waals surface area contributed by atoms with Gasteiger partial charge in [0.05, 0.1) is 41.1 Å². The van der Waals surface area contributed by atoms with E-state index in [2.05, 4.69) is 10.1 Å². The zero-order valence-electron chi connectivity index (χ0n) is 22.4. The number of aromatic nitrogens is 3. The Morgan fingerprint density at radius 2 is 1.88 bits per heavy atom. The van der Waals surface area contributed by atoms with Crippen molar-refractivity contribution in [2.24, 2.45) is 0 Å². The van der Waals surface area contributed by atoms with Gasteiger partial charge < -0.3 is 19.5 Å². The molecule has 216 valence electrons. The van der Waals surface area contributed by atoms with E-state index in [0.717, 1.165) is 5.69 Å². The lowest BCUT2D eigenvalue weighted by Crippen LogP contribution is -2.26. The van der Waals surface area contributed by atoms with Gasteiger partial charge in [-0.1, -0.05) is 6.07 Å². The van der Waals surface area contributed by atoms with Crippen LogP contribution in [0.25, 0.3) is 5.69 Å². The van der Waals surface area contributed by atoms with E-state index in [-0.39, 0.29) is 40.4 Å². The molecule has 1 aliphatic carbocycles. The highest BCUT2D eigenvalue weighted by Gasteiger charge is 2.42. The summed E-state index contributed by atoms with van der Waals surface area (Å²) in [6.07, 6.45) is -2.17. The van der Waals surface area contributed by atoms with Crippen LogP contribution >= 0.6 is 0 Å². The number of carbonyl (C=O) groups is 2. The monoisotopic (exact) mass is 578 g/mol. The number of carbonyl (C=O) groups excluding carboxylic acids is 1. The lowest BCUT2D eigenvalue weighted by molar-refractivity contribution is -0.142. The molecule has 9 nitrogen and oxygen atoms in total. The molecule has 4 aromatic rings. The first-order chi connectivity index (χ1) is 20.1. The number of carboxylic acid groups (broad SMARTS) is 1. The largest absolute Gasteiger partial charge is 0.491 e. The van der Waals surface area contributed by atoms with E-state index in [1.165, 1.54) is 39.9 Å². The molecule has 6 rings (SSSR count). The van der Waals surface area contributed by atoms with E-state index >= 15 is 0 Å². The average molecular weight is 579 g/mol. The molecule has 42 heavy (non-hydrogen) atoms. The number of hydrogen-bond acceptors (Lipinski definition) is 6. The van der Waals surface area contributed by atoms with Crippen LogP contribution in [0.5, 0.6) is 11.5 Å². The average Bonchev–Trinajstić information content (AvgIpc) is 3.62. The minimum atomic E-state index is -4.70. The molecule has 1 atom stereocenters. The maximum absolute atomic E-state index is 14.1. The first-order valence-corrected chi connectivity index (χ1v) is 13.3. The number of ether oxygens (including phenoxy) is 2. The van der Waals surface area contributed by atoms with Gasteiger partial charge in [-0.05, 0) is 61.7 Å². The lowest BCUT2D eigenvalue weighted by atomic mass is 9.92. The molecule has 0 unspecified atom stereocenters. The molecule has 0 bridgehead atoms. The van der Waals surface area contributed by atoms with Crippen molar-refractivity contribution in [2.75, 3.05) is 18.6 Å². The Labute approximate surface area is 238 Å². The molecule has 2 aromatic heterocycles. The summed E-state index contributed by atoms with van der Waals surface area (Å²) in [5, 5.41) is 13.2. The smallest absolute Gasteiger partial charge is 0.435 e. The van der Waals surface area contributed by atoms with Gasteiger partial charge in [0.25, 0.3) is 5.91 Å². The molecule has 0 spiro atoms. The van der Waals surface area contributed by atoms with Gasteiger partial charge in [0.2, 0.25) is 0 Å². The van der Waals surface area contributed by atoms with E-state index in [1.807, 2.05) is 0 Å². The third kappa shape index (κ3) is 5.04. The van der Waals surface area contributed by atoms with E-state index in [9.17, 15) is 27.9 Å². The van der Waals surface area contributed by atoms with Crippen LogP contribution in [0.3, 0.4) is 0 Å². The number of benzene rings is 2. The number of hydrogen-bond donors (Lipinski definition) is 1. The molecule has 1 N–H and O–H groups in total. The number of amides is 1. The van der Waals surface area contributed by atoms with E-state index in [4.69, 9.17) is 9.47 Å². The van der Waals surface area contributed by atoms with Gasteiger partial charge in [-0.2, -0.15) is 18.3 Å². The molecule has 0 radical (unpaired) electrons. The third-order valence-corrected chi connectivity index (χ3v) is 7.41. The van der Waals surface area contributed by atoms with E-state index in [1.54, 1.807) is 37.5 Å². The summed E-state index contributed by atoms with van der Waals surface area (Å²) in [4.78, 5) is 30.4. The molecule has 2 aromatic carbocycles. The van der Waals surface area contributed by atoms with E-state index in [0.29, 0.717) is 43.1 Å². The van der Waals surface area contributed by atoms with Crippen molar-refractivity contribution < 1.29 is 37.3 Å². The zero-order chi connectivity index (χ0) is 29.6. The van der Waals surface area contributed by atoms with Gasteiger partial charge >= 0.3 is 12.1 Å². The molecule has 3 heterocycles. The zero-order valence-corrected chi connectivity index (χ0v) is 22.4. The summed E-state index contributed by atoms with van der Waals surface area (Å²) in [5.41, 5.74) is 1.20. The summed E-state index contributed by atoms with van der Waals surface area (Å²) >= 11 is 0. The predicted octanol–water partition coefficient (Wildman–Crippen LogP) is 5.65. The van der Waals surface area contributed by atoms with Crippen LogP contribution in [-0.4, -0.2) is 45.4 Å². The fraction of sp³-hybridized carbons (Fsp3) is 0.267. The maximum Gasteiger partial charge on any atom is 0.435 e. The number of fused-ring (bicyclic) bond motifs is 2. The fourth-order valence-electron chi connectivity index (χ4n) is 5.32. The predicted molar refractivity (Wildman–Crippen MR) is 144 cm³/mol. The first-order valence-electron chi connectivity index (χ1n) is 13.3. The maximum atomic E-state index is 14.1. The number of carboxylic acids is 1. The first kappa shape index (κ1) is 27.3. The van der Waals surface area contributed by atoms with Gasteiger partial charge in [0.15, 0.2) is 5.69 Å². The fourth-order valence-corrected chi connectivity index (χ4v) is 5.32. The topological polar surface area (TPSA) is 107 Å². The van der Waals surface area contributed by atoms with Crippen LogP contribution in [0.15, 0.2) is 60.8 Å². The molecular formula is C30H25F3N4O5. The number of nitrogens with zero attached hydrogens (tertiary/aromatic N) is 4. The minimum absolute atomic E-state index is 0.0407. The Morgan fingerprint density at radius 3 is 2.62 bits per heavy atom. The molecular weight excluding hydrogens is 553 g/mol. The molecule has 12 heteroatoms. The third-order valence-electron chi connectivity index (χ3n) is 7.41. The number of rotatable bonds is 6. The highest BCUT2D eigenvalue weighted by molar-refractivity contribution is 6.06. The van der Waals surface area contributed by atoms with Crippen LogP contribution in [-0.2, 0) is 19.0 Å². The van der Waals surface area contributed by atoms with Crippen molar-refractivity contribution in [1.29, 1.82) is 0 Å². The van der Waals surface area contributed by atoms with Crippen LogP contribution in [0, 0.1) is 0 Å². The summed E-state index contributed by atoms with van der Waals surface area (Å²) in [6, 6.07) is 13.7. The Bertz CT molecular complexity index is 1680. The van der Waals surface area contributed by atoms with Gasteiger partial charge in [0.1, 0.15) is 17.6 Å². The quantitative estimate of drug-likeness (QED) is 0.315. The van der Waals surface area contributed by atoms with Gasteiger partial charge in [-0.15, -0.1) is 0 Å². The van der Waals surface area contributed by atoms with Crippen molar-refractivity contribution in [1.82, 2.24) is 14.8 Å². The summed E-state index contributed by atoms with van der Waals surface area (Å²) in [7, 11) is 1.59. The Kier molecular flexibility index (Phi) is 6.83. The second kappa shape index (κ2) is 10.5. The van der Waals surface area contributed by atoms with Crippen molar-refractivity contribution >= 4 is 17.6 Å². The van der Waals surface area contributed by atoms with Gasteiger partial charge in [-0.3, -0.25) is 9.78 Å². The summed E-state index contributed by atoms with van der Waals surface area (Å²) in [5.74, 6) is -0.556. The summed E-state index contributed by atoms with van der Waals surface area (Å²) in [6.45, 7) is 0.526. The number of pyridine rings is 1. The number of halogens is 3. The van der Waals surface area contributed by atoms with Crippen molar-refractivity contribution in [3.8, 4) is 17.2 Å². The number of alkyl halides is 3. The Morgan fingerprint density at radius 1 is 1.10 bits per heavy atom. The highest BCUT2D eigenvalue weighted by atomic mass is 19.4. The van der Waals surface area contributed by atoms with Crippen molar-refractivity contribution in [3.63, 3.8) is 0 Å². The highest BCUT2D eigenvalue weighted by Crippen LogP contribution is 2.42. The second-order valence-electron chi connectivity index (χ2n) is 10.1. The SMILES string of the molecule is CN(C(=O)c1cccc(-n2nc(C(F)(F)F)c3c2[C@H](Oc2ccc(C(=O)O)cc2)CCC3)c1)c1cnc2c(c1)OCC2. The summed E-state index contributed by atoms with van der Waals surface area (Å²) < 4.78 is 55.2. The molecule has 2 aliphatic rings. The molecule has 0 saturated carbocycles. The number of aromatic carboxylic acids is 1. The van der Waals surface area contributed by atoms with Crippen LogP contribution in [0.4, 0.5) is 18.9 Å². The molecule has 1 amide bonds. The van der Waals surface area contributed by atoms with Crippen LogP contribution in [0.2, 0.25) is 0 Å². The molecule has 0 fully saturated rings. The second-order valence-corrected chi connectivity index (χ2v) is 10.1. The van der Waals surface area contributed by atoms with Crippen LogP contribution in [0.1, 0.15) is 62.3 Å². The normalized spacial score (nSPS) is 15.9. The Balaban J connectivity index is 1.36. The standard InChI is InChI=1S/C30H25F3N4O5/c1-36(20-15-25-23(34-16-20)12-13-41-25)28(38)18-4-2-5-19(14-18)37-26-22(27(35-37)30(31,32)33)6-3-7-24(26)42-21-10-8-17(9-11-21)29(39)40/h2,4-5,8-11,14-16,24H,3,6-7,12-13H2,1H3,(H,39,40)/t24-/m1/s1. The number of anilines is 1. The Hall–Kier alpha value is -4.87. The van der Waals surface area contributed by atoms with Crippen molar-refractivity contribution in [2.45, 2.75) is 38.0 Å². The van der Waals surface area contributed by atoms with Crippen LogP contribution < -0.4 is 14.4 Å². The minimum Gasteiger partial charge on any atom is -0.491 e. The van der Waals surface area contributed by atoms with Crippen molar-refractivity contribution in [3.05, 3.63) is 94.6 Å². The molecule has 0 saturated heterocycles. The lowest BCUT2D eigenvalue weighted by Gasteiger charge is -2.26.